The summed E-state index contributed by atoms with van der Waals surface area (Å²) in [6.45, 7) is 4.61. The summed E-state index contributed by atoms with van der Waals surface area (Å²) < 4.78 is 0. The molecule has 0 bridgehead atoms. The highest BCUT2D eigenvalue weighted by Crippen LogP contribution is 2.37. The van der Waals surface area contributed by atoms with Crippen molar-refractivity contribution in [2.75, 3.05) is 13.1 Å². The minimum Gasteiger partial charge on any atom is -0.360 e. The zero-order valence-electron chi connectivity index (χ0n) is 7.84. The second kappa shape index (κ2) is 3.08. The lowest BCUT2D eigenvalue weighted by Crippen LogP contribution is -2.29. The van der Waals surface area contributed by atoms with Crippen LogP contribution in [0.4, 0.5) is 0 Å². The van der Waals surface area contributed by atoms with Crippen molar-refractivity contribution >= 4 is 5.84 Å². The van der Waals surface area contributed by atoms with Crippen molar-refractivity contribution in [3.63, 3.8) is 0 Å². The van der Waals surface area contributed by atoms with Crippen LogP contribution in [-0.2, 0) is 0 Å². The van der Waals surface area contributed by atoms with Gasteiger partial charge in [0.15, 0.2) is 0 Å². The molecule has 1 N–H and O–H groups in total. The fourth-order valence-corrected chi connectivity index (χ4v) is 2.09. The first-order valence-electron chi connectivity index (χ1n) is 5.10. The van der Waals surface area contributed by atoms with Gasteiger partial charge in [0, 0.05) is 19.5 Å². The first kappa shape index (κ1) is 8.09. The average Bonchev–Trinajstić information content (AvgIpc) is 2.80. The predicted octanol–water partition coefficient (Wildman–Crippen LogP) is 2.11. The molecule has 12 heavy (non-hydrogen) atoms. The Hall–Kier alpha value is -0.530. The topological polar surface area (TPSA) is 27.1 Å². The maximum Gasteiger partial charge on any atom is 0.0958 e. The van der Waals surface area contributed by atoms with E-state index in [4.69, 9.17) is 5.41 Å². The molecule has 1 aliphatic heterocycles. The van der Waals surface area contributed by atoms with E-state index in [9.17, 15) is 0 Å². The van der Waals surface area contributed by atoms with Gasteiger partial charge in [-0.25, -0.2) is 0 Å². The highest BCUT2D eigenvalue weighted by atomic mass is 15.2. The van der Waals surface area contributed by atoms with Gasteiger partial charge in [0.1, 0.15) is 0 Å². The summed E-state index contributed by atoms with van der Waals surface area (Å²) in [5, 5.41) is 7.69. The van der Waals surface area contributed by atoms with E-state index in [2.05, 4.69) is 11.8 Å². The molecule has 1 heterocycles. The summed E-state index contributed by atoms with van der Waals surface area (Å²) >= 11 is 0. The minimum absolute atomic E-state index is 0.823. The van der Waals surface area contributed by atoms with E-state index in [1.807, 2.05) is 0 Å². The van der Waals surface area contributed by atoms with Crippen LogP contribution in [0.1, 0.15) is 32.6 Å². The van der Waals surface area contributed by atoms with Gasteiger partial charge in [-0.3, -0.25) is 5.41 Å². The van der Waals surface area contributed by atoms with E-state index >= 15 is 0 Å². The molecule has 2 heteroatoms. The van der Waals surface area contributed by atoms with E-state index < -0.39 is 0 Å². The van der Waals surface area contributed by atoms with Gasteiger partial charge in [0.2, 0.25) is 0 Å². The molecule has 68 valence electrons. The molecule has 2 fully saturated rings. The van der Waals surface area contributed by atoms with Gasteiger partial charge in [-0.2, -0.15) is 0 Å². The fourth-order valence-electron chi connectivity index (χ4n) is 2.09. The Morgan fingerprint density at radius 1 is 1.58 bits per heavy atom. The molecule has 0 aromatic carbocycles. The van der Waals surface area contributed by atoms with Crippen molar-refractivity contribution in [3.05, 3.63) is 0 Å². The van der Waals surface area contributed by atoms with Crippen LogP contribution in [0.25, 0.3) is 0 Å². The van der Waals surface area contributed by atoms with Crippen molar-refractivity contribution < 1.29 is 0 Å². The van der Waals surface area contributed by atoms with Crippen LogP contribution in [0.3, 0.4) is 0 Å². The summed E-state index contributed by atoms with van der Waals surface area (Å²) in [7, 11) is 0. The number of nitrogens with zero attached hydrogens (tertiary/aromatic N) is 1. The molecule has 0 aromatic rings. The molecule has 1 saturated carbocycles. The predicted molar refractivity (Wildman–Crippen MR) is 50.4 cm³/mol. The van der Waals surface area contributed by atoms with Gasteiger partial charge in [-0.15, -0.1) is 0 Å². The van der Waals surface area contributed by atoms with Crippen molar-refractivity contribution in [3.8, 4) is 0 Å². The van der Waals surface area contributed by atoms with Crippen molar-refractivity contribution in [2.24, 2.45) is 11.8 Å². The smallest absolute Gasteiger partial charge is 0.0958 e. The molecule has 0 amide bonds. The molecule has 1 unspecified atom stereocenters. The maximum absolute atomic E-state index is 7.69. The summed E-state index contributed by atoms with van der Waals surface area (Å²) in [6, 6.07) is 0. The molecular formula is C10H18N2. The van der Waals surface area contributed by atoms with Crippen LogP contribution in [0.2, 0.25) is 0 Å². The highest BCUT2D eigenvalue weighted by molar-refractivity contribution is 5.80. The number of amidine groups is 1. The van der Waals surface area contributed by atoms with Crippen LogP contribution in [0.15, 0.2) is 0 Å². The molecule has 1 aliphatic carbocycles. The lowest BCUT2D eigenvalue weighted by molar-refractivity contribution is 0.347. The van der Waals surface area contributed by atoms with Gasteiger partial charge >= 0.3 is 0 Å². The third kappa shape index (κ3) is 1.62. The van der Waals surface area contributed by atoms with Gasteiger partial charge in [0.05, 0.1) is 5.84 Å². The summed E-state index contributed by atoms with van der Waals surface area (Å²) in [6.07, 6.45) is 5.08. The first-order chi connectivity index (χ1) is 5.77. The number of nitrogens with one attached hydrogen (secondary N) is 1. The standard InChI is InChI=1S/C10H18N2/c1-8(9-4-5-9)7-12-6-2-3-10(12)11/h8-9,11H,2-7H2,1H3. The van der Waals surface area contributed by atoms with Crippen LogP contribution in [0.5, 0.6) is 0 Å². The minimum atomic E-state index is 0.823. The van der Waals surface area contributed by atoms with Crippen LogP contribution < -0.4 is 0 Å². The Morgan fingerprint density at radius 2 is 2.33 bits per heavy atom. The Balaban J connectivity index is 1.80. The lowest BCUT2D eigenvalue weighted by atomic mass is 10.1. The molecule has 2 rings (SSSR count). The van der Waals surface area contributed by atoms with E-state index in [-0.39, 0.29) is 0 Å². The van der Waals surface area contributed by atoms with Gasteiger partial charge in [-0.1, -0.05) is 6.92 Å². The van der Waals surface area contributed by atoms with E-state index in [1.54, 1.807) is 0 Å². The quantitative estimate of drug-likeness (QED) is 0.683. The zero-order valence-corrected chi connectivity index (χ0v) is 7.84. The number of likely N-dealkylation sites (tertiary alicyclic amines) is 1. The Morgan fingerprint density at radius 3 is 2.83 bits per heavy atom. The molecule has 0 spiro atoms. The molecule has 1 saturated heterocycles. The molecular weight excluding hydrogens is 148 g/mol. The Bertz CT molecular complexity index is 184. The van der Waals surface area contributed by atoms with Crippen molar-refractivity contribution in [1.82, 2.24) is 4.90 Å². The van der Waals surface area contributed by atoms with E-state index in [1.165, 1.54) is 19.3 Å². The zero-order chi connectivity index (χ0) is 8.55. The number of hydrogen-bond acceptors (Lipinski definition) is 1. The first-order valence-corrected chi connectivity index (χ1v) is 5.10. The summed E-state index contributed by atoms with van der Waals surface area (Å²) in [5.41, 5.74) is 0. The van der Waals surface area contributed by atoms with E-state index in [0.717, 1.165) is 37.2 Å². The van der Waals surface area contributed by atoms with E-state index in [0.29, 0.717) is 0 Å². The average molecular weight is 166 g/mol. The highest BCUT2D eigenvalue weighted by Gasteiger charge is 2.30. The summed E-state index contributed by atoms with van der Waals surface area (Å²) in [4.78, 5) is 2.27. The van der Waals surface area contributed by atoms with Crippen LogP contribution in [-0.4, -0.2) is 23.8 Å². The molecule has 2 nitrogen and oxygen atoms in total. The second-order valence-corrected chi connectivity index (χ2v) is 4.31. The molecule has 0 radical (unpaired) electrons. The van der Waals surface area contributed by atoms with Crippen molar-refractivity contribution in [1.29, 1.82) is 5.41 Å². The Labute approximate surface area is 74.5 Å². The number of rotatable bonds is 3. The van der Waals surface area contributed by atoms with Gasteiger partial charge < -0.3 is 4.90 Å². The van der Waals surface area contributed by atoms with Crippen molar-refractivity contribution in [2.45, 2.75) is 32.6 Å². The Kier molecular flexibility index (Phi) is 2.07. The fraction of sp³-hybridized carbons (Fsp3) is 0.900. The van der Waals surface area contributed by atoms with Gasteiger partial charge in [-0.05, 0) is 31.1 Å². The normalized spacial score (nSPS) is 26.4. The monoisotopic (exact) mass is 166 g/mol. The largest absolute Gasteiger partial charge is 0.360 e. The molecule has 2 aliphatic rings. The third-order valence-corrected chi connectivity index (χ3v) is 3.16. The lowest BCUT2D eigenvalue weighted by Gasteiger charge is -2.22. The second-order valence-electron chi connectivity index (χ2n) is 4.31. The number of hydrogen-bond donors (Lipinski definition) is 1. The summed E-state index contributed by atoms with van der Waals surface area (Å²) in [5.74, 6) is 2.68. The SMILES string of the molecule is CC(CN1CCCC1=N)C1CC1. The van der Waals surface area contributed by atoms with Crippen LogP contribution in [0, 0.1) is 17.2 Å². The molecule has 1 atom stereocenters. The van der Waals surface area contributed by atoms with Gasteiger partial charge in [0.25, 0.3) is 0 Å². The maximum atomic E-state index is 7.69. The van der Waals surface area contributed by atoms with Crippen LogP contribution >= 0.6 is 0 Å². The molecule has 0 aromatic heterocycles. The third-order valence-electron chi connectivity index (χ3n) is 3.16.